The lowest BCUT2D eigenvalue weighted by Crippen LogP contribution is -2.38. The van der Waals surface area contributed by atoms with Crippen LogP contribution < -0.4 is 5.32 Å². The lowest BCUT2D eigenvalue weighted by Gasteiger charge is -2.12. The summed E-state index contributed by atoms with van der Waals surface area (Å²) >= 11 is 0. The fraction of sp³-hybridized carbons (Fsp3) is 0.778. The maximum atomic E-state index is 11.6. The van der Waals surface area contributed by atoms with Crippen molar-refractivity contribution in [3.8, 4) is 0 Å². The first-order valence-corrected chi connectivity index (χ1v) is 4.88. The van der Waals surface area contributed by atoms with Crippen LogP contribution in [0, 0.1) is 5.92 Å². The molecule has 0 aromatic carbocycles. The third kappa shape index (κ3) is 1.87. The van der Waals surface area contributed by atoms with Crippen molar-refractivity contribution in [2.75, 3.05) is 13.1 Å². The van der Waals surface area contributed by atoms with Crippen molar-refractivity contribution in [1.82, 2.24) is 10.2 Å². The minimum atomic E-state index is -0.709. The third-order valence-corrected chi connectivity index (χ3v) is 2.73. The summed E-state index contributed by atoms with van der Waals surface area (Å²) in [5, 5.41) is 12.4. The number of β-amino-alcohol motifs (C(OH)–C–C–N with tert-alkyl or cyclic N) is 1. The molecular formula is C9H14N2O3. The summed E-state index contributed by atoms with van der Waals surface area (Å²) in [6.07, 6.45) is 2.03. The van der Waals surface area contributed by atoms with Gasteiger partial charge in [0.05, 0.1) is 12.0 Å². The Balaban J connectivity index is 1.89. The molecule has 5 heteroatoms. The first-order chi connectivity index (χ1) is 6.70. The van der Waals surface area contributed by atoms with Crippen LogP contribution >= 0.6 is 0 Å². The molecule has 1 aliphatic carbocycles. The SMILES string of the molecule is O=CN1C[C@@H](O)[C@H](C(=O)NC2CC2)C1. The molecule has 2 rings (SSSR count). The number of likely N-dealkylation sites (tertiary alicyclic amines) is 1. The summed E-state index contributed by atoms with van der Waals surface area (Å²) in [7, 11) is 0. The van der Waals surface area contributed by atoms with Crippen molar-refractivity contribution in [3.05, 3.63) is 0 Å². The van der Waals surface area contributed by atoms with E-state index in [0.29, 0.717) is 19.0 Å². The second-order valence-electron chi connectivity index (χ2n) is 4.02. The van der Waals surface area contributed by atoms with Gasteiger partial charge in [0.25, 0.3) is 0 Å². The zero-order valence-corrected chi connectivity index (χ0v) is 7.85. The van der Waals surface area contributed by atoms with Crippen LogP contribution in [0.1, 0.15) is 12.8 Å². The second kappa shape index (κ2) is 3.57. The number of hydrogen-bond acceptors (Lipinski definition) is 3. The fourth-order valence-corrected chi connectivity index (χ4v) is 1.70. The topological polar surface area (TPSA) is 69.6 Å². The van der Waals surface area contributed by atoms with Gasteiger partial charge in [-0.05, 0) is 12.8 Å². The van der Waals surface area contributed by atoms with Crippen LogP contribution in [0.3, 0.4) is 0 Å². The molecule has 2 N–H and O–H groups in total. The van der Waals surface area contributed by atoms with Crippen molar-refractivity contribution >= 4 is 12.3 Å². The zero-order valence-electron chi connectivity index (χ0n) is 7.85. The third-order valence-electron chi connectivity index (χ3n) is 2.73. The van der Waals surface area contributed by atoms with Gasteiger partial charge in [-0.15, -0.1) is 0 Å². The highest BCUT2D eigenvalue weighted by molar-refractivity contribution is 5.81. The molecule has 0 aromatic heterocycles. The van der Waals surface area contributed by atoms with Crippen LogP contribution in [0.4, 0.5) is 0 Å². The molecule has 1 heterocycles. The number of carbonyl (C=O) groups excluding carboxylic acids is 2. The predicted molar refractivity (Wildman–Crippen MR) is 48.3 cm³/mol. The lowest BCUT2D eigenvalue weighted by atomic mass is 10.1. The van der Waals surface area contributed by atoms with Crippen LogP contribution in [0.2, 0.25) is 0 Å². The maximum Gasteiger partial charge on any atom is 0.227 e. The highest BCUT2D eigenvalue weighted by Gasteiger charge is 2.37. The molecule has 0 unspecified atom stereocenters. The zero-order chi connectivity index (χ0) is 10.1. The Morgan fingerprint density at radius 1 is 1.43 bits per heavy atom. The number of amides is 2. The molecule has 14 heavy (non-hydrogen) atoms. The van der Waals surface area contributed by atoms with Crippen LogP contribution in [0.25, 0.3) is 0 Å². The van der Waals surface area contributed by atoms with Crippen LogP contribution in [-0.4, -0.2) is 47.6 Å². The van der Waals surface area contributed by atoms with Gasteiger partial charge in [-0.3, -0.25) is 9.59 Å². The van der Waals surface area contributed by atoms with E-state index < -0.39 is 12.0 Å². The van der Waals surface area contributed by atoms with E-state index in [-0.39, 0.29) is 12.5 Å². The van der Waals surface area contributed by atoms with Gasteiger partial charge in [-0.1, -0.05) is 0 Å². The molecule has 78 valence electrons. The van der Waals surface area contributed by atoms with Gasteiger partial charge in [0.1, 0.15) is 0 Å². The molecule has 0 spiro atoms. The molecule has 1 saturated carbocycles. The van der Waals surface area contributed by atoms with Gasteiger partial charge in [0.15, 0.2) is 0 Å². The fourth-order valence-electron chi connectivity index (χ4n) is 1.70. The Hall–Kier alpha value is -1.10. The largest absolute Gasteiger partial charge is 0.390 e. The minimum Gasteiger partial charge on any atom is -0.390 e. The Morgan fingerprint density at radius 2 is 2.14 bits per heavy atom. The van der Waals surface area contributed by atoms with E-state index in [1.165, 1.54) is 4.90 Å². The molecule has 0 bridgehead atoms. The molecule has 1 aliphatic heterocycles. The van der Waals surface area contributed by atoms with Crippen LogP contribution in [0.15, 0.2) is 0 Å². The van der Waals surface area contributed by atoms with Crippen molar-refractivity contribution < 1.29 is 14.7 Å². The molecule has 2 amide bonds. The first-order valence-electron chi connectivity index (χ1n) is 4.88. The molecular weight excluding hydrogens is 184 g/mol. The summed E-state index contributed by atoms with van der Waals surface area (Å²) in [4.78, 5) is 23.4. The summed E-state index contributed by atoms with van der Waals surface area (Å²) in [6.45, 7) is 0.607. The first kappa shape index (κ1) is 9.45. The molecule has 1 saturated heterocycles. The van der Waals surface area contributed by atoms with Crippen molar-refractivity contribution in [2.45, 2.75) is 25.0 Å². The van der Waals surface area contributed by atoms with Gasteiger partial charge >= 0.3 is 0 Å². The van der Waals surface area contributed by atoms with E-state index in [0.717, 1.165) is 12.8 Å². The smallest absolute Gasteiger partial charge is 0.227 e. The van der Waals surface area contributed by atoms with E-state index in [1.54, 1.807) is 0 Å². The monoisotopic (exact) mass is 198 g/mol. The van der Waals surface area contributed by atoms with Gasteiger partial charge in [0, 0.05) is 19.1 Å². The minimum absolute atomic E-state index is 0.121. The number of aliphatic hydroxyl groups is 1. The van der Waals surface area contributed by atoms with Gasteiger partial charge in [0.2, 0.25) is 12.3 Å². The van der Waals surface area contributed by atoms with Crippen LogP contribution in [-0.2, 0) is 9.59 Å². The molecule has 2 aliphatic rings. The molecule has 2 atom stereocenters. The van der Waals surface area contributed by atoms with Gasteiger partial charge < -0.3 is 15.3 Å². The van der Waals surface area contributed by atoms with Crippen molar-refractivity contribution in [3.63, 3.8) is 0 Å². The Kier molecular flexibility index (Phi) is 2.41. The van der Waals surface area contributed by atoms with Crippen molar-refractivity contribution in [2.24, 2.45) is 5.92 Å². The normalized spacial score (nSPS) is 31.6. The van der Waals surface area contributed by atoms with E-state index in [9.17, 15) is 14.7 Å². The summed E-state index contributed by atoms with van der Waals surface area (Å²) < 4.78 is 0. The van der Waals surface area contributed by atoms with E-state index in [2.05, 4.69) is 5.32 Å². The Labute approximate surface area is 82.1 Å². The number of aliphatic hydroxyl groups excluding tert-OH is 1. The number of hydrogen-bond donors (Lipinski definition) is 2. The quantitative estimate of drug-likeness (QED) is 0.555. The number of nitrogens with zero attached hydrogens (tertiary/aromatic N) is 1. The van der Waals surface area contributed by atoms with Crippen LogP contribution in [0.5, 0.6) is 0 Å². The summed E-state index contributed by atoms with van der Waals surface area (Å²) in [5.41, 5.74) is 0. The van der Waals surface area contributed by atoms with E-state index in [1.807, 2.05) is 0 Å². The lowest BCUT2D eigenvalue weighted by molar-refractivity contribution is -0.127. The Bertz CT molecular complexity index is 252. The van der Waals surface area contributed by atoms with Gasteiger partial charge in [-0.25, -0.2) is 0 Å². The van der Waals surface area contributed by atoms with Gasteiger partial charge in [-0.2, -0.15) is 0 Å². The molecule has 0 aromatic rings. The van der Waals surface area contributed by atoms with E-state index >= 15 is 0 Å². The van der Waals surface area contributed by atoms with E-state index in [4.69, 9.17) is 0 Å². The highest BCUT2D eigenvalue weighted by Crippen LogP contribution is 2.21. The Morgan fingerprint density at radius 3 is 2.64 bits per heavy atom. The molecule has 5 nitrogen and oxygen atoms in total. The number of nitrogens with one attached hydrogen (secondary N) is 1. The van der Waals surface area contributed by atoms with Crippen molar-refractivity contribution in [1.29, 1.82) is 0 Å². The highest BCUT2D eigenvalue weighted by atomic mass is 16.3. The second-order valence-corrected chi connectivity index (χ2v) is 4.02. The summed E-state index contributed by atoms with van der Waals surface area (Å²) in [5.74, 6) is -0.565. The summed E-state index contributed by atoms with van der Waals surface area (Å²) in [6, 6.07) is 0.306. The predicted octanol–water partition coefficient (Wildman–Crippen LogP) is -1.29. The number of rotatable bonds is 3. The maximum absolute atomic E-state index is 11.6. The molecule has 2 fully saturated rings. The standard InChI is InChI=1S/C9H14N2O3/c12-5-11-3-7(8(13)4-11)9(14)10-6-1-2-6/h5-8,13H,1-4H2,(H,10,14)/t7-,8-/m1/s1. The molecule has 0 radical (unpaired) electrons. The number of carbonyl (C=O) groups is 2. The average Bonchev–Trinajstić information content (AvgIpc) is 2.87. The average molecular weight is 198 g/mol.